The Labute approximate surface area is 68.1 Å². The predicted molar refractivity (Wildman–Crippen MR) is 36.1 cm³/mol. The molecule has 0 rings (SSSR count). The van der Waals surface area contributed by atoms with E-state index >= 15 is 0 Å². The van der Waals surface area contributed by atoms with Gasteiger partial charge in [0.1, 0.15) is 31.1 Å². The molecular weight excluding hydrogens is 171 g/mol. The SMILES string of the molecule is O=C[C@H](O)[C@@H](O)[C@@H](O)[C@H](O)CF. The molecule has 4 N–H and O–H groups in total. The summed E-state index contributed by atoms with van der Waals surface area (Å²) in [6.07, 6.45) is -7.36. The van der Waals surface area contributed by atoms with Crippen LogP contribution in [0.5, 0.6) is 0 Å². The molecule has 0 aliphatic heterocycles. The minimum Gasteiger partial charge on any atom is -0.388 e. The molecule has 0 amide bonds. The summed E-state index contributed by atoms with van der Waals surface area (Å²) in [6.45, 7) is -1.26. The second-order valence-electron chi connectivity index (χ2n) is 2.33. The molecule has 0 aliphatic carbocycles. The van der Waals surface area contributed by atoms with Gasteiger partial charge in [0.2, 0.25) is 0 Å². The molecule has 0 heterocycles. The summed E-state index contributed by atoms with van der Waals surface area (Å²) in [5.41, 5.74) is 0. The zero-order valence-corrected chi connectivity index (χ0v) is 6.17. The lowest BCUT2D eigenvalue weighted by molar-refractivity contribution is -0.134. The first-order valence-electron chi connectivity index (χ1n) is 3.28. The fourth-order valence-corrected chi connectivity index (χ4v) is 0.601. The molecule has 0 aromatic rings. The first-order valence-corrected chi connectivity index (χ1v) is 3.28. The molecule has 0 aromatic heterocycles. The molecule has 0 saturated carbocycles. The van der Waals surface area contributed by atoms with Crippen molar-refractivity contribution in [1.29, 1.82) is 0 Å². The largest absolute Gasteiger partial charge is 0.388 e. The highest BCUT2D eigenvalue weighted by Gasteiger charge is 2.29. The van der Waals surface area contributed by atoms with Crippen molar-refractivity contribution in [2.45, 2.75) is 24.4 Å². The second-order valence-corrected chi connectivity index (χ2v) is 2.33. The van der Waals surface area contributed by atoms with Crippen molar-refractivity contribution >= 4 is 6.29 Å². The summed E-state index contributed by atoms with van der Waals surface area (Å²) >= 11 is 0. The average Bonchev–Trinajstić information content (AvgIpc) is 2.12. The number of aliphatic hydroxyl groups is 4. The molecule has 72 valence electrons. The Morgan fingerprint density at radius 3 is 2.00 bits per heavy atom. The molecule has 6 heteroatoms. The molecule has 0 aliphatic rings. The molecule has 0 aromatic carbocycles. The number of hydrogen-bond donors (Lipinski definition) is 4. The number of rotatable bonds is 5. The van der Waals surface area contributed by atoms with Crippen molar-refractivity contribution in [1.82, 2.24) is 0 Å². The highest BCUT2D eigenvalue weighted by molar-refractivity contribution is 5.56. The van der Waals surface area contributed by atoms with Gasteiger partial charge in [-0.2, -0.15) is 0 Å². The molecule has 0 saturated heterocycles. The van der Waals surface area contributed by atoms with Crippen molar-refractivity contribution in [2.75, 3.05) is 6.67 Å². The highest BCUT2D eigenvalue weighted by atomic mass is 19.1. The monoisotopic (exact) mass is 182 g/mol. The van der Waals surface area contributed by atoms with Crippen molar-refractivity contribution < 1.29 is 29.6 Å². The molecule has 0 unspecified atom stereocenters. The number of carbonyl (C=O) groups is 1. The zero-order valence-electron chi connectivity index (χ0n) is 6.17. The van der Waals surface area contributed by atoms with Crippen LogP contribution in [0.25, 0.3) is 0 Å². The van der Waals surface area contributed by atoms with Crippen LogP contribution >= 0.6 is 0 Å². The Kier molecular flexibility index (Phi) is 4.91. The Balaban J connectivity index is 4.07. The van der Waals surface area contributed by atoms with Crippen molar-refractivity contribution in [3.63, 3.8) is 0 Å². The van der Waals surface area contributed by atoms with E-state index in [1.54, 1.807) is 0 Å². The van der Waals surface area contributed by atoms with E-state index in [0.717, 1.165) is 0 Å². The van der Waals surface area contributed by atoms with E-state index in [1.165, 1.54) is 0 Å². The van der Waals surface area contributed by atoms with Gasteiger partial charge in [0, 0.05) is 0 Å². The van der Waals surface area contributed by atoms with Gasteiger partial charge in [-0.15, -0.1) is 0 Å². The molecule has 0 bridgehead atoms. The van der Waals surface area contributed by atoms with E-state index in [1.807, 2.05) is 0 Å². The van der Waals surface area contributed by atoms with Crippen molar-refractivity contribution in [3.8, 4) is 0 Å². The van der Waals surface area contributed by atoms with Gasteiger partial charge < -0.3 is 25.2 Å². The standard InChI is InChI=1S/C6H11FO5/c7-1-3(9)5(11)6(12)4(10)2-8/h2-6,9-12H,1H2/t3-,4+,5+,6-/m1/s1. The van der Waals surface area contributed by atoms with Crippen LogP contribution in [-0.4, -0.2) is 57.8 Å². The van der Waals surface area contributed by atoms with Crippen LogP contribution in [0.3, 0.4) is 0 Å². The van der Waals surface area contributed by atoms with Crippen LogP contribution in [0, 0.1) is 0 Å². The maximum atomic E-state index is 11.7. The summed E-state index contributed by atoms with van der Waals surface area (Å²) in [6, 6.07) is 0. The quantitative estimate of drug-likeness (QED) is 0.355. The molecule has 0 spiro atoms. The van der Waals surface area contributed by atoms with Gasteiger partial charge in [-0.25, -0.2) is 4.39 Å². The summed E-state index contributed by atoms with van der Waals surface area (Å²) in [4.78, 5) is 9.87. The van der Waals surface area contributed by atoms with Crippen molar-refractivity contribution in [2.24, 2.45) is 0 Å². The van der Waals surface area contributed by atoms with Gasteiger partial charge in [0.15, 0.2) is 6.29 Å². The van der Waals surface area contributed by atoms with Gasteiger partial charge in [-0.05, 0) is 0 Å². The highest BCUT2D eigenvalue weighted by Crippen LogP contribution is 2.04. The Hall–Kier alpha value is -0.560. The minimum atomic E-state index is -1.87. The zero-order chi connectivity index (χ0) is 9.72. The summed E-state index contributed by atoms with van der Waals surface area (Å²) in [7, 11) is 0. The molecule has 12 heavy (non-hydrogen) atoms. The van der Waals surface area contributed by atoms with Crippen LogP contribution in [0.4, 0.5) is 4.39 Å². The van der Waals surface area contributed by atoms with E-state index in [-0.39, 0.29) is 6.29 Å². The molecular formula is C6H11FO5. The second kappa shape index (κ2) is 5.15. The van der Waals surface area contributed by atoms with Crippen LogP contribution in [0.2, 0.25) is 0 Å². The lowest BCUT2D eigenvalue weighted by Gasteiger charge is -2.21. The molecule has 4 atom stereocenters. The first-order chi connectivity index (χ1) is 5.54. The molecule has 0 fully saturated rings. The maximum Gasteiger partial charge on any atom is 0.151 e. The smallest absolute Gasteiger partial charge is 0.151 e. The topological polar surface area (TPSA) is 98.0 Å². The Morgan fingerprint density at radius 2 is 1.67 bits per heavy atom. The maximum absolute atomic E-state index is 11.7. The van der Waals surface area contributed by atoms with Crippen LogP contribution in [-0.2, 0) is 4.79 Å². The van der Waals surface area contributed by atoms with E-state index in [9.17, 15) is 9.18 Å². The third-order valence-electron chi connectivity index (χ3n) is 1.39. The van der Waals surface area contributed by atoms with Crippen molar-refractivity contribution in [3.05, 3.63) is 0 Å². The fourth-order valence-electron chi connectivity index (χ4n) is 0.601. The third kappa shape index (κ3) is 2.82. The first kappa shape index (κ1) is 11.4. The number of hydrogen-bond acceptors (Lipinski definition) is 5. The van der Waals surface area contributed by atoms with E-state index in [4.69, 9.17) is 20.4 Å². The van der Waals surface area contributed by atoms with Gasteiger partial charge in [0.05, 0.1) is 0 Å². The fraction of sp³-hybridized carbons (Fsp3) is 0.833. The average molecular weight is 182 g/mol. The third-order valence-corrected chi connectivity index (χ3v) is 1.39. The summed E-state index contributed by atoms with van der Waals surface area (Å²) in [5, 5.41) is 34.9. The van der Waals surface area contributed by atoms with E-state index in [0.29, 0.717) is 0 Å². The normalized spacial score (nSPS) is 21.1. The number of halogens is 1. The molecule has 0 radical (unpaired) electrons. The number of alkyl halides is 1. The van der Waals surface area contributed by atoms with Gasteiger partial charge in [-0.1, -0.05) is 0 Å². The van der Waals surface area contributed by atoms with Gasteiger partial charge in [0.25, 0.3) is 0 Å². The number of aldehydes is 1. The summed E-state index contributed by atoms with van der Waals surface area (Å²) in [5.74, 6) is 0. The van der Waals surface area contributed by atoms with Gasteiger partial charge >= 0.3 is 0 Å². The van der Waals surface area contributed by atoms with Crippen LogP contribution < -0.4 is 0 Å². The lowest BCUT2D eigenvalue weighted by Crippen LogP contribution is -2.45. The minimum absolute atomic E-state index is 0.0150. The number of carbonyl (C=O) groups excluding carboxylic acids is 1. The predicted octanol–water partition coefficient (Wildman–Crippen LogP) is -2.40. The van der Waals surface area contributed by atoms with Crippen LogP contribution in [0.1, 0.15) is 0 Å². The van der Waals surface area contributed by atoms with Gasteiger partial charge in [-0.3, -0.25) is 0 Å². The number of aliphatic hydroxyl groups excluding tert-OH is 4. The van der Waals surface area contributed by atoms with Crippen LogP contribution in [0.15, 0.2) is 0 Å². The Bertz CT molecular complexity index is 142. The van der Waals surface area contributed by atoms with E-state index in [2.05, 4.69) is 0 Å². The Morgan fingerprint density at radius 1 is 1.17 bits per heavy atom. The molecule has 5 nitrogen and oxygen atoms in total. The lowest BCUT2D eigenvalue weighted by atomic mass is 10.0. The van der Waals surface area contributed by atoms with E-state index < -0.39 is 31.1 Å². The summed E-state index contributed by atoms with van der Waals surface area (Å²) < 4.78 is 11.7.